The quantitative estimate of drug-likeness (QED) is 0.520. The molecule has 2 heterocycles. The van der Waals surface area contributed by atoms with Gasteiger partial charge in [0.15, 0.2) is 17.2 Å². The first-order valence-electron chi connectivity index (χ1n) is 8.34. The number of aliphatic hydroxyl groups is 1. The lowest BCUT2D eigenvalue weighted by Gasteiger charge is -2.46. The van der Waals surface area contributed by atoms with Crippen LogP contribution < -0.4 is 0 Å². The number of ketones is 2. The van der Waals surface area contributed by atoms with Crippen molar-refractivity contribution in [2.75, 3.05) is 0 Å². The van der Waals surface area contributed by atoms with Crippen LogP contribution in [0.5, 0.6) is 0 Å². The maximum absolute atomic E-state index is 13.1. The number of carbonyl (C=O) groups is 3. The third-order valence-electron chi connectivity index (χ3n) is 5.00. The van der Waals surface area contributed by atoms with E-state index in [1.807, 2.05) is 0 Å². The first-order valence-corrected chi connectivity index (χ1v) is 8.34. The average Bonchev–Trinajstić information content (AvgIpc) is 2.68. The molecular formula is C21H16O5. The molecule has 130 valence electrons. The van der Waals surface area contributed by atoms with E-state index in [0.717, 1.165) is 0 Å². The van der Waals surface area contributed by atoms with E-state index in [1.54, 1.807) is 60.7 Å². The predicted molar refractivity (Wildman–Crippen MR) is 92.5 cm³/mol. The molecule has 0 amide bonds. The lowest BCUT2D eigenvalue weighted by atomic mass is 9.64. The lowest BCUT2D eigenvalue weighted by Crippen LogP contribution is -2.63. The molecule has 2 aromatic rings. The van der Waals surface area contributed by atoms with Gasteiger partial charge in [0.05, 0.1) is 11.8 Å². The van der Waals surface area contributed by atoms with Crippen LogP contribution in [0.1, 0.15) is 20.7 Å². The normalized spacial score (nSPS) is 29.3. The van der Waals surface area contributed by atoms with Crippen molar-refractivity contribution in [2.45, 2.75) is 11.7 Å². The molecule has 0 saturated carbocycles. The van der Waals surface area contributed by atoms with E-state index in [-0.39, 0.29) is 5.78 Å². The van der Waals surface area contributed by atoms with Crippen LogP contribution in [0.4, 0.5) is 0 Å². The maximum Gasteiger partial charge on any atom is 0.343 e. The highest BCUT2D eigenvalue weighted by Gasteiger charge is 2.62. The Morgan fingerprint density at radius 2 is 1.42 bits per heavy atom. The van der Waals surface area contributed by atoms with E-state index < -0.39 is 35.3 Å². The van der Waals surface area contributed by atoms with Crippen LogP contribution in [-0.2, 0) is 9.53 Å². The van der Waals surface area contributed by atoms with Gasteiger partial charge in [0.2, 0.25) is 0 Å². The highest BCUT2D eigenvalue weighted by atomic mass is 16.6. The van der Waals surface area contributed by atoms with Gasteiger partial charge in [0.1, 0.15) is 6.10 Å². The molecule has 26 heavy (non-hydrogen) atoms. The van der Waals surface area contributed by atoms with E-state index in [9.17, 15) is 19.5 Å². The fourth-order valence-electron chi connectivity index (χ4n) is 3.69. The predicted octanol–water partition coefficient (Wildman–Crippen LogP) is 2.21. The van der Waals surface area contributed by atoms with Gasteiger partial charge in [-0.15, -0.1) is 0 Å². The molecule has 1 N–H and O–H groups in total. The van der Waals surface area contributed by atoms with Crippen LogP contribution in [0.15, 0.2) is 72.8 Å². The van der Waals surface area contributed by atoms with Crippen molar-refractivity contribution in [1.82, 2.24) is 0 Å². The molecule has 1 aliphatic carbocycles. The molecular weight excluding hydrogens is 332 g/mol. The number of esters is 1. The molecule has 0 spiro atoms. The third kappa shape index (κ3) is 2.40. The fraction of sp³-hybridized carbons (Fsp3) is 0.190. The van der Waals surface area contributed by atoms with E-state index in [0.29, 0.717) is 11.1 Å². The monoisotopic (exact) mass is 348 g/mol. The zero-order valence-electron chi connectivity index (χ0n) is 13.7. The smallest absolute Gasteiger partial charge is 0.343 e. The summed E-state index contributed by atoms with van der Waals surface area (Å²) in [5, 5.41) is 10.9. The maximum atomic E-state index is 13.1. The standard InChI is InChI=1S/C21H16O5/c22-18(13-7-3-1-4-8-13)16-15-11-12-21(25,20(24)26-15)17(16)19(23)14-9-5-2-6-10-14/h1-12,15-17,25H/t15-,16+,17+,21-/m1/s1. The summed E-state index contributed by atoms with van der Waals surface area (Å²) in [6.07, 6.45) is 1.90. The topological polar surface area (TPSA) is 80.7 Å². The summed E-state index contributed by atoms with van der Waals surface area (Å²) >= 11 is 0. The average molecular weight is 348 g/mol. The Bertz CT molecular complexity index is 903. The second kappa shape index (κ2) is 6.04. The van der Waals surface area contributed by atoms with E-state index in [4.69, 9.17) is 4.74 Å². The van der Waals surface area contributed by atoms with Crippen LogP contribution in [0, 0.1) is 11.8 Å². The Balaban J connectivity index is 1.81. The number of Topliss-reactive ketones (excluding diaryl/α,β-unsaturated/α-hetero) is 2. The third-order valence-corrected chi connectivity index (χ3v) is 5.00. The molecule has 5 heteroatoms. The summed E-state index contributed by atoms with van der Waals surface area (Å²) in [6.45, 7) is 0. The van der Waals surface area contributed by atoms with Crippen molar-refractivity contribution in [3.05, 3.63) is 83.9 Å². The molecule has 0 aromatic heterocycles. The number of carbonyl (C=O) groups excluding carboxylic acids is 3. The first kappa shape index (κ1) is 16.4. The van der Waals surface area contributed by atoms with Gasteiger partial charge in [-0.1, -0.05) is 60.7 Å². The number of ether oxygens (including phenoxy) is 1. The van der Waals surface area contributed by atoms with Gasteiger partial charge < -0.3 is 9.84 Å². The summed E-state index contributed by atoms with van der Waals surface area (Å²) in [5.41, 5.74) is -1.40. The molecule has 1 saturated heterocycles. The van der Waals surface area contributed by atoms with Crippen LogP contribution >= 0.6 is 0 Å². The molecule has 3 aliphatic rings. The van der Waals surface area contributed by atoms with Crippen LogP contribution in [-0.4, -0.2) is 34.3 Å². The first-order chi connectivity index (χ1) is 12.5. The summed E-state index contributed by atoms with van der Waals surface area (Å²) in [4.78, 5) is 38.5. The van der Waals surface area contributed by atoms with Crippen molar-refractivity contribution in [2.24, 2.45) is 11.8 Å². The molecule has 5 rings (SSSR count). The highest BCUT2D eigenvalue weighted by molar-refractivity contribution is 6.09. The summed E-state index contributed by atoms with van der Waals surface area (Å²) in [7, 11) is 0. The molecule has 5 nitrogen and oxygen atoms in total. The second-order valence-electron chi connectivity index (χ2n) is 6.52. The Morgan fingerprint density at radius 1 is 0.885 bits per heavy atom. The van der Waals surface area contributed by atoms with Crippen molar-refractivity contribution < 1.29 is 24.2 Å². The Morgan fingerprint density at radius 3 is 1.96 bits per heavy atom. The second-order valence-corrected chi connectivity index (χ2v) is 6.52. The zero-order chi connectivity index (χ0) is 18.3. The minimum atomic E-state index is -2.14. The number of fused-ring (bicyclic) bond motifs is 2. The minimum absolute atomic E-state index is 0.333. The molecule has 1 fully saturated rings. The van der Waals surface area contributed by atoms with E-state index >= 15 is 0 Å². The minimum Gasteiger partial charge on any atom is -0.455 e. The number of hydrogen-bond acceptors (Lipinski definition) is 5. The summed E-state index contributed by atoms with van der Waals surface area (Å²) in [6, 6.07) is 16.9. The largest absolute Gasteiger partial charge is 0.455 e. The number of rotatable bonds is 4. The number of benzene rings is 2. The summed E-state index contributed by atoms with van der Waals surface area (Å²) < 4.78 is 5.21. The number of hydrogen-bond donors (Lipinski definition) is 1. The van der Waals surface area contributed by atoms with Crippen molar-refractivity contribution >= 4 is 17.5 Å². The van der Waals surface area contributed by atoms with E-state index in [1.165, 1.54) is 12.2 Å². The highest BCUT2D eigenvalue weighted by Crippen LogP contribution is 2.44. The summed E-state index contributed by atoms with van der Waals surface area (Å²) in [5.74, 6) is -3.88. The Hall–Kier alpha value is -3.05. The van der Waals surface area contributed by atoms with Gasteiger partial charge in [-0.2, -0.15) is 0 Å². The van der Waals surface area contributed by atoms with Crippen LogP contribution in [0.3, 0.4) is 0 Å². The molecule has 2 aliphatic heterocycles. The van der Waals surface area contributed by atoms with Gasteiger partial charge in [-0.05, 0) is 12.2 Å². The molecule has 0 unspecified atom stereocenters. The van der Waals surface area contributed by atoms with Crippen molar-refractivity contribution in [3.8, 4) is 0 Å². The zero-order valence-corrected chi connectivity index (χ0v) is 13.7. The molecule has 4 atom stereocenters. The van der Waals surface area contributed by atoms with Gasteiger partial charge in [0, 0.05) is 11.1 Å². The van der Waals surface area contributed by atoms with Crippen LogP contribution in [0.25, 0.3) is 0 Å². The fourth-order valence-corrected chi connectivity index (χ4v) is 3.69. The van der Waals surface area contributed by atoms with Gasteiger partial charge in [-0.25, -0.2) is 4.79 Å². The molecule has 2 bridgehead atoms. The Labute approximate surface area is 149 Å². The molecule has 2 aromatic carbocycles. The lowest BCUT2D eigenvalue weighted by molar-refractivity contribution is -0.186. The van der Waals surface area contributed by atoms with E-state index in [2.05, 4.69) is 0 Å². The Kier molecular flexibility index (Phi) is 3.81. The van der Waals surface area contributed by atoms with Gasteiger partial charge >= 0.3 is 5.97 Å². The van der Waals surface area contributed by atoms with Crippen LogP contribution in [0.2, 0.25) is 0 Å². The SMILES string of the molecule is O=C(c1ccccc1)[C@@H]1[C@@H](C(=O)c2ccccc2)[C@]2(O)C=C[C@H]1OC2=O. The van der Waals surface area contributed by atoms with Crippen molar-refractivity contribution in [1.29, 1.82) is 0 Å². The van der Waals surface area contributed by atoms with Gasteiger partial charge in [-0.3, -0.25) is 9.59 Å². The molecule has 0 radical (unpaired) electrons. The van der Waals surface area contributed by atoms with Gasteiger partial charge in [0.25, 0.3) is 0 Å². The van der Waals surface area contributed by atoms with Crippen molar-refractivity contribution in [3.63, 3.8) is 0 Å².